The second-order valence-electron chi connectivity index (χ2n) is 4.12. The molecular weight excluding hydrogens is 222 g/mol. The number of carbonyl (C=O) groups is 1. The van der Waals surface area contributed by atoms with Crippen LogP contribution in [0.2, 0.25) is 0 Å². The minimum absolute atomic E-state index is 0.260. The summed E-state index contributed by atoms with van der Waals surface area (Å²) in [6.07, 6.45) is 2.62. The molecule has 0 atom stereocenters. The van der Waals surface area contributed by atoms with E-state index in [9.17, 15) is 4.79 Å². The van der Waals surface area contributed by atoms with Crippen molar-refractivity contribution < 1.29 is 4.79 Å². The third kappa shape index (κ3) is 2.35. The number of likely N-dealkylation sites (tertiary alicyclic amines) is 1. The molecule has 1 aliphatic heterocycles. The predicted octanol–water partition coefficient (Wildman–Crippen LogP) is 1.84. The normalized spacial score (nSPS) is 17.7. The minimum Gasteiger partial charge on any atom is -0.375 e. The molecule has 1 aromatic rings. The van der Waals surface area contributed by atoms with Gasteiger partial charge in [-0.15, -0.1) is 11.3 Å². The van der Waals surface area contributed by atoms with Crippen molar-refractivity contribution in [3.05, 3.63) is 11.1 Å². The van der Waals surface area contributed by atoms with Crippen molar-refractivity contribution >= 4 is 22.4 Å². The molecule has 1 aliphatic rings. The summed E-state index contributed by atoms with van der Waals surface area (Å²) in [5.74, 6) is 0.741. The van der Waals surface area contributed by atoms with E-state index in [-0.39, 0.29) is 5.91 Å². The Morgan fingerprint density at radius 1 is 1.62 bits per heavy atom. The summed E-state index contributed by atoms with van der Waals surface area (Å²) in [7, 11) is 0. The van der Waals surface area contributed by atoms with Crippen molar-refractivity contribution in [2.24, 2.45) is 0 Å². The van der Waals surface area contributed by atoms with Crippen LogP contribution >= 0.6 is 11.3 Å². The average Bonchev–Trinajstić information content (AvgIpc) is 2.75. The minimum atomic E-state index is 0.260. The number of piperidine rings is 1. The Balaban J connectivity index is 1.92. The van der Waals surface area contributed by atoms with Gasteiger partial charge in [0, 0.05) is 30.8 Å². The molecule has 0 aromatic carbocycles. The Bertz CT molecular complexity index is 369. The molecule has 0 spiro atoms. The highest BCUT2D eigenvalue weighted by Gasteiger charge is 2.24. The molecule has 5 heteroatoms. The van der Waals surface area contributed by atoms with E-state index in [0.717, 1.165) is 31.6 Å². The molecule has 2 heterocycles. The second-order valence-corrected chi connectivity index (χ2v) is 5.01. The average molecular weight is 239 g/mol. The lowest BCUT2D eigenvalue weighted by molar-refractivity contribution is -0.131. The van der Waals surface area contributed by atoms with Gasteiger partial charge in [0.25, 0.3) is 0 Å². The van der Waals surface area contributed by atoms with Crippen LogP contribution < -0.4 is 5.73 Å². The molecule has 0 aliphatic carbocycles. The van der Waals surface area contributed by atoms with E-state index in [1.807, 2.05) is 17.2 Å². The fraction of sp³-hybridized carbons (Fsp3) is 0.636. The number of nitrogen functional groups attached to an aromatic ring is 1. The summed E-state index contributed by atoms with van der Waals surface area (Å²) in [6, 6.07) is 0. The van der Waals surface area contributed by atoms with Crippen LogP contribution in [0.15, 0.2) is 5.38 Å². The summed E-state index contributed by atoms with van der Waals surface area (Å²) in [5.41, 5.74) is 6.73. The highest BCUT2D eigenvalue weighted by Crippen LogP contribution is 2.29. The molecule has 0 saturated carbocycles. The first-order valence-corrected chi connectivity index (χ1v) is 6.57. The maximum atomic E-state index is 11.5. The molecule has 1 amide bonds. The van der Waals surface area contributed by atoms with Crippen LogP contribution in [0.5, 0.6) is 0 Å². The van der Waals surface area contributed by atoms with Gasteiger partial charge in [-0.05, 0) is 12.8 Å². The molecule has 2 rings (SSSR count). The molecule has 2 N–H and O–H groups in total. The van der Waals surface area contributed by atoms with E-state index >= 15 is 0 Å². The zero-order chi connectivity index (χ0) is 11.5. The molecule has 1 aromatic heterocycles. The SMILES string of the molecule is CCC(=O)N1CCC(c2csc(N)n2)CC1. The standard InChI is InChI=1S/C11H17N3OS/c1-2-10(15)14-5-3-8(4-6-14)9-7-16-11(12)13-9/h7-8H,2-6H2,1H3,(H2,12,13). The maximum Gasteiger partial charge on any atom is 0.222 e. The first-order chi connectivity index (χ1) is 7.70. The van der Waals surface area contributed by atoms with Crippen LogP contribution in [-0.4, -0.2) is 28.9 Å². The Hall–Kier alpha value is -1.10. The van der Waals surface area contributed by atoms with Gasteiger partial charge < -0.3 is 10.6 Å². The summed E-state index contributed by atoms with van der Waals surface area (Å²) < 4.78 is 0. The van der Waals surface area contributed by atoms with Crippen LogP contribution in [0, 0.1) is 0 Å². The van der Waals surface area contributed by atoms with Crippen LogP contribution in [-0.2, 0) is 4.79 Å². The lowest BCUT2D eigenvalue weighted by atomic mass is 9.94. The first-order valence-electron chi connectivity index (χ1n) is 5.69. The fourth-order valence-corrected chi connectivity index (χ4v) is 2.78. The number of hydrogen-bond acceptors (Lipinski definition) is 4. The molecule has 16 heavy (non-hydrogen) atoms. The maximum absolute atomic E-state index is 11.5. The molecule has 1 fully saturated rings. The summed E-state index contributed by atoms with van der Waals surface area (Å²) in [6.45, 7) is 3.62. The lowest BCUT2D eigenvalue weighted by Gasteiger charge is -2.31. The molecule has 1 saturated heterocycles. The zero-order valence-corrected chi connectivity index (χ0v) is 10.3. The highest BCUT2D eigenvalue weighted by atomic mass is 32.1. The zero-order valence-electron chi connectivity index (χ0n) is 9.48. The van der Waals surface area contributed by atoms with Crippen LogP contribution in [0.4, 0.5) is 5.13 Å². The number of anilines is 1. The quantitative estimate of drug-likeness (QED) is 0.856. The largest absolute Gasteiger partial charge is 0.375 e. The number of hydrogen-bond donors (Lipinski definition) is 1. The molecule has 88 valence electrons. The van der Waals surface area contributed by atoms with E-state index in [0.29, 0.717) is 17.5 Å². The van der Waals surface area contributed by atoms with Gasteiger partial charge in [0.15, 0.2) is 5.13 Å². The van der Waals surface area contributed by atoms with Gasteiger partial charge in [0.05, 0.1) is 5.69 Å². The van der Waals surface area contributed by atoms with E-state index in [2.05, 4.69) is 4.98 Å². The number of rotatable bonds is 2. The summed E-state index contributed by atoms with van der Waals surface area (Å²) in [4.78, 5) is 17.8. The van der Waals surface area contributed by atoms with Gasteiger partial charge in [-0.25, -0.2) is 4.98 Å². The van der Waals surface area contributed by atoms with Crippen molar-refractivity contribution in [3.63, 3.8) is 0 Å². The number of carbonyl (C=O) groups excluding carboxylic acids is 1. The van der Waals surface area contributed by atoms with Crippen LogP contribution in [0.25, 0.3) is 0 Å². The third-order valence-corrected chi connectivity index (χ3v) is 3.80. The van der Waals surface area contributed by atoms with E-state index in [1.54, 1.807) is 0 Å². The monoisotopic (exact) mass is 239 g/mol. The fourth-order valence-electron chi connectivity index (χ4n) is 2.14. The van der Waals surface area contributed by atoms with Crippen molar-refractivity contribution in [2.45, 2.75) is 32.1 Å². The Morgan fingerprint density at radius 3 is 2.81 bits per heavy atom. The molecule has 0 bridgehead atoms. The number of nitrogens with zero attached hydrogens (tertiary/aromatic N) is 2. The van der Waals surface area contributed by atoms with Crippen LogP contribution in [0.1, 0.15) is 37.8 Å². The Labute approximate surface area is 99.5 Å². The summed E-state index contributed by atoms with van der Waals surface area (Å²) in [5, 5.41) is 2.68. The second kappa shape index (κ2) is 4.82. The number of nitrogens with two attached hydrogens (primary N) is 1. The number of thiazole rings is 1. The molecule has 4 nitrogen and oxygen atoms in total. The lowest BCUT2D eigenvalue weighted by Crippen LogP contribution is -2.37. The van der Waals surface area contributed by atoms with Gasteiger partial charge in [0.2, 0.25) is 5.91 Å². The molecule has 0 radical (unpaired) electrons. The molecule has 0 unspecified atom stereocenters. The predicted molar refractivity (Wildman–Crippen MR) is 65.4 cm³/mol. The van der Waals surface area contributed by atoms with E-state index in [1.165, 1.54) is 11.3 Å². The topological polar surface area (TPSA) is 59.2 Å². The first kappa shape index (κ1) is 11.4. The third-order valence-electron chi connectivity index (χ3n) is 3.11. The highest BCUT2D eigenvalue weighted by molar-refractivity contribution is 7.13. The van der Waals surface area contributed by atoms with Gasteiger partial charge in [-0.3, -0.25) is 4.79 Å². The van der Waals surface area contributed by atoms with Crippen molar-refractivity contribution in [2.75, 3.05) is 18.8 Å². The van der Waals surface area contributed by atoms with Gasteiger partial charge in [0.1, 0.15) is 0 Å². The Kier molecular flexibility index (Phi) is 3.43. The van der Waals surface area contributed by atoms with E-state index in [4.69, 9.17) is 5.73 Å². The van der Waals surface area contributed by atoms with Crippen molar-refractivity contribution in [1.82, 2.24) is 9.88 Å². The van der Waals surface area contributed by atoms with Crippen molar-refractivity contribution in [1.29, 1.82) is 0 Å². The van der Waals surface area contributed by atoms with E-state index < -0.39 is 0 Å². The van der Waals surface area contributed by atoms with Gasteiger partial charge in [-0.1, -0.05) is 6.92 Å². The number of amides is 1. The number of aromatic nitrogens is 1. The molecular formula is C11H17N3OS. The summed E-state index contributed by atoms with van der Waals surface area (Å²) >= 11 is 1.50. The smallest absolute Gasteiger partial charge is 0.222 e. The van der Waals surface area contributed by atoms with Crippen molar-refractivity contribution in [3.8, 4) is 0 Å². The Morgan fingerprint density at radius 2 is 2.31 bits per heavy atom. The van der Waals surface area contributed by atoms with Crippen LogP contribution in [0.3, 0.4) is 0 Å². The van der Waals surface area contributed by atoms with Gasteiger partial charge >= 0.3 is 0 Å². The van der Waals surface area contributed by atoms with Gasteiger partial charge in [-0.2, -0.15) is 0 Å².